The molecule has 1 aromatic rings. The molecule has 0 radical (unpaired) electrons. The Labute approximate surface area is 92.6 Å². The quantitative estimate of drug-likeness (QED) is 0.743. The standard InChI is InChI=1S/C12H21N3/c1-5-7-10(6-2)11-8-14-12(9-13-11)15(3)4/h8-10H,5-7H2,1-4H3. The Balaban J connectivity index is 2.77. The fourth-order valence-corrected chi connectivity index (χ4v) is 1.68. The highest BCUT2D eigenvalue weighted by Crippen LogP contribution is 2.22. The van der Waals surface area contributed by atoms with E-state index >= 15 is 0 Å². The van der Waals surface area contributed by atoms with Crippen LogP contribution in [-0.2, 0) is 0 Å². The van der Waals surface area contributed by atoms with Crippen LogP contribution in [0.4, 0.5) is 5.82 Å². The van der Waals surface area contributed by atoms with Crippen molar-refractivity contribution in [1.29, 1.82) is 0 Å². The molecule has 0 aliphatic heterocycles. The first kappa shape index (κ1) is 12.0. The molecular weight excluding hydrogens is 186 g/mol. The van der Waals surface area contributed by atoms with Crippen molar-refractivity contribution in [1.82, 2.24) is 9.97 Å². The number of aromatic nitrogens is 2. The van der Waals surface area contributed by atoms with Crippen LogP contribution in [0.15, 0.2) is 12.4 Å². The molecule has 0 aliphatic rings. The van der Waals surface area contributed by atoms with Crippen LogP contribution in [0.3, 0.4) is 0 Å². The molecule has 0 aromatic carbocycles. The summed E-state index contributed by atoms with van der Waals surface area (Å²) in [5.74, 6) is 1.49. The smallest absolute Gasteiger partial charge is 0.146 e. The van der Waals surface area contributed by atoms with Gasteiger partial charge in [0.2, 0.25) is 0 Å². The molecule has 15 heavy (non-hydrogen) atoms. The van der Waals surface area contributed by atoms with E-state index in [2.05, 4.69) is 23.8 Å². The van der Waals surface area contributed by atoms with E-state index in [0.717, 1.165) is 17.9 Å². The van der Waals surface area contributed by atoms with Gasteiger partial charge < -0.3 is 4.90 Å². The van der Waals surface area contributed by atoms with Gasteiger partial charge in [-0.3, -0.25) is 4.98 Å². The molecule has 1 atom stereocenters. The lowest BCUT2D eigenvalue weighted by molar-refractivity contribution is 0.578. The van der Waals surface area contributed by atoms with Crippen LogP contribution in [0.1, 0.15) is 44.7 Å². The number of hydrogen-bond donors (Lipinski definition) is 0. The summed E-state index contributed by atoms with van der Waals surface area (Å²) >= 11 is 0. The van der Waals surface area contributed by atoms with E-state index in [0.29, 0.717) is 5.92 Å². The number of nitrogens with zero attached hydrogens (tertiary/aromatic N) is 3. The zero-order valence-electron chi connectivity index (χ0n) is 10.2. The number of anilines is 1. The molecule has 0 saturated carbocycles. The highest BCUT2D eigenvalue weighted by atomic mass is 15.1. The second-order valence-corrected chi connectivity index (χ2v) is 4.09. The summed E-state index contributed by atoms with van der Waals surface area (Å²) in [5.41, 5.74) is 1.13. The molecule has 1 unspecified atom stereocenters. The van der Waals surface area contributed by atoms with E-state index in [1.807, 2.05) is 31.4 Å². The predicted octanol–water partition coefficient (Wildman–Crippen LogP) is 2.84. The van der Waals surface area contributed by atoms with Crippen LogP contribution in [-0.4, -0.2) is 24.1 Å². The first-order chi connectivity index (χ1) is 7.19. The maximum absolute atomic E-state index is 4.49. The summed E-state index contributed by atoms with van der Waals surface area (Å²) < 4.78 is 0. The molecule has 1 aromatic heterocycles. The first-order valence-corrected chi connectivity index (χ1v) is 5.68. The van der Waals surface area contributed by atoms with Crippen LogP contribution in [0, 0.1) is 0 Å². The van der Waals surface area contributed by atoms with Crippen LogP contribution >= 0.6 is 0 Å². The van der Waals surface area contributed by atoms with Gasteiger partial charge in [0.15, 0.2) is 0 Å². The van der Waals surface area contributed by atoms with E-state index in [1.165, 1.54) is 12.8 Å². The third kappa shape index (κ3) is 3.18. The largest absolute Gasteiger partial charge is 0.361 e. The minimum atomic E-state index is 0.568. The lowest BCUT2D eigenvalue weighted by atomic mass is 9.97. The van der Waals surface area contributed by atoms with E-state index < -0.39 is 0 Å². The van der Waals surface area contributed by atoms with Crippen molar-refractivity contribution >= 4 is 5.82 Å². The molecule has 0 saturated heterocycles. The normalized spacial score (nSPS) is 12.5. The van der Waals surface area contributed by atoms with Crippen molar-refractivity contribution in [3.8, 4) is 0 Å². The molecule has 3 nitrogen and oxygen atoms in total. The molecule has 3 heteroatoms. The van der Waals surface area contributed by atoms with Gasteiger partial charge in [0, 0.05) is 20.0 Å². The van der Waals surface area contributed by atoms with Gasteiger partial charge in [0.05, 0.1) is 18.1 Å². The van der Waals surface area contributed by atoms with Gasteiger partial charge in [-0.1, -0.05) is 20.3 Å². The zero-order chi connectivity index (χ0) is 11.3. The van der Waals surface area contributed by atoms with Crippen LogP contribution in [0.5, 0.6) is 0 Å². The van der Waals surface area contributed by atoms with Gasteiger partial charge in [-0.25, -0.2) is 4.98 Å². The summed E-state index contributed by atoms with van der Waals surface area (Å²) in [6, 6.07) is 0. The lowest BCUT2D eigenvalue weighted by Gasteiger charge is -2.15. The molecule has 0 amide bonds. The van der Waals surface area contributed by atoms with E-state index in [4.69, 9.17) is 0 Å². The van der Waals surface area contributed by atoms with Crippen LogP contribution < -0.4 is 4.90 Å². The molecule has 0 spiro atoms. The number of hydrogen-bond acceptors (Lipinski definition) is 3. The molecular formula is C12H21N3. The van der Waals surface area contributed by atoms with Gasteiger partial charge >= 0.3 is 0 Å². The zero-order valence-corrected chi connectivity index (χ0v) is 10.2. The SMILES string of the molecule is CCCC(CC)c1cnc(N(C)C)cn1. The Morgan fingerprint density at radius 1 is 1.20 bits per heavy atom. The fourth-order valence-electron chi connectivity index (χ4n) is 1.68. The van der Waals surface area contributed by atoms with Gasteiger partial charge in [0.25, 0.3) is 0 Å². The third-order valence-electron chi connectivity index (χ3n) is 2.66. The second-order valence-electron chi connectivity index (χ2n) is 4.09. The maximum atomic E-state index is 4.49. The van der Waals surface area contributed by atoms with E-state index in [9.17, 15) is 0 Å². The Morgan fingerprint density at radius 2 is 1.93 bits per heavy atom. The van der Waals surface area contributed by atoms with Crippen molar-refractivity contribution in [2.45, 2.75) is 39.0 Å². The summed E-state index contributed by atoms with van der Waals surface area (Å²) in [5, 5.41) is 0. The summed E-state index contributed by atoms with van der Waals surface area (Å²) in [6.45, 7) is 4.42. The van der Waals surface area contributed by atoms with E-state index in [-0.39, 0.29) is 0 Å². The number of rotatable bonds is 5. The Kier molecular flexibility index (Phi) is 4.53. The molecule has 1 heterocycles. The second kappa shape index (κ2) is 5.69. The Morgan fingerprint density at radius 3 is 2.33 bits per heavy atom. The monoisotopic (exact) mass is 207 g/mol. The Bertz CT molecular complexity index is 279. The average molecular weight is 207 g/mol. The summed E-state index contributed by atoms with van der Waals surface area (Å²) in [7, 11) is 3.96. The molecule has 0 bridgehead atoms. The Hall–Kier alpha value is -1.12. The van der Waals surface area contributed by atoms with Crippen molar-refractivity contribution in [3.63, 3.8) is 0 Å². The van der Waals surface area contributed by atoms with Crippen molar-refractivity contribution < 1.29 is 0 Å². The maximum Gasteiger partial charge on any atom is 0.146 e. The van der Waals surface area contributed by atoms with Crippen molar-refractivity contribution in [2.75, 3.05) is 19.0 Å². The summed E-state index contributed by atoms with van der Waals surface area (Å²) in [6.07, 6.45) is 7.32. The topological polar surface area (TPSA) is 29.0 Å². The third-order valence-corrected chi connectivity index (χ3v) is 2.66. The first-order valence-electron chi connectivity index (χ1n) is 5.68. The minimum absolute atomic E-state index is 0.568. The molecule has 0 aliphatic carbocycles. The van der Waals surface area contributed by atoms with Crippen LogP contribution in [0.2, 0.25) is 0 Å². The minimum Gasteiger partial charge on any atom is -0.361 e. The van der Waals surface area contributed by atoms with Crippen molar-refractivity contribution in [3.05, 3.63) is 18.1 Å². The lowest BCUT2D eigenvalue weighted by Crippen LogP contribution is -2.12. The molecule has 0 N–H and O–H groups in total. The average Bonchev–Trinajstić information content (AvgIpc) is 2.26. The van der Waals surface area contributed by atoms with E-state index in [1.54, 1.807) is 0 Å². The highest BCUT2D eigenvalue weighted by molar-refractivity contribution is 5.33. The molecule has 1 rings (SSSR count). The van der Waals surface area contributed by atoms with Crippen molar-refractivity contribution in [2.24, 2.45) is 0 Å². The highest BCUT2D eigenvalue weighted by Gasteiger charge is 2.10. The summed E-state index contributed by atoms with van der Waals surface area (Å²) in [4.78, 5) is 10.8. The molecule has 0 fully saturated rings. The molecule has 84 valence electrons. The van der Waals surface area contributed by atoms with Gasteiger partial charge in [-0.15, -0.1) is 0 Å². The van der Waals surface area contributed by atoms with Gasteiger partial charge in [-0.05, 0) is 12.8 Å². The fraction of sp³-hybridized carbons (Fsp3) is 0.667. The van der Waals surface area contributed by atoms with Gasteiger partial charge in [-0.2, -0.15) is 0 Å². The predicted molar refractivity (Wildman–Crippen MR) is 64.3 cm³/mol. The van der Waals surface area contributed by atoms with Gasteiger partial charge in [0.1, 0.15) is 5.82 Å². The van der Waals surface area contributed by atoms with Crippen LogP contribution in [0.25, 0.3) is 0 Å².